The highest BCUT2D eigenvalue weighted by Gasteiger charge is 2.42. The number of hydrogen-bond donors (Lipinski definition) is 2. The number of benzene rings is 1. The van der Waals surface area contributed by atoms with Crippen molar-refractivity contribution in [2.75, 3.05) is 7.11 Å². The van der Waals surface area contributed by atoms with Gasteiger partial charge in [0.2, 0.25) is 0 Å². The van der Waals surface area contributed by atoms with Crippen molar-refractivity contribution >= 4 is 5.97 Å². The van der Waals surface area contributed by atoms with E-state index < -0.39 is 18.4 Å². The average molecular weight is 421 g/mol. The van der Waals surface area contributed by atoms with Gasteiger partial charge in [-0.15, -0.1) is 0 Å². The highest BCUT2D eigenvalue weighted by atomic mass is 19.1. The molecule has 2 rings (SSSR count). The van der Waals surface area contributed by atoms with Gasteiger partial charge in [-0.25, -0.2) is 4.39 Å². The van der Waals surface area contributed by atoms with E-state index in [2.05, 4.69) is 11.7 Å². The quantitative estimate of drug-likeness (QED) is 0.270. The number of methoxy groups -OCH3 is 1. The van der Waals surface area contributed by atoms with Crippen LogP contribution >= 0.6 is 0 Å². The number of aliphatic hydroxyl groups is 2. The van der Waals surface area contributed by atoms with Gasteiger partial charge in [0.05, 0.1) is 19.3 Å². The summed E-state index contributed by atoms with van der Waals surface area (Å²) >= 11 is 0. The molecule has 0 radical (unpaired) electrons. The largest absolute Gasteiger partial charge is 0.469 e. The van der Waals surface area contributed by atoms with E-state index in [9.17, 15) is 19.4 Å². The first kappa shape index (κ1) is 24.5. The molecule has 1 aliphatic rings. The summed E-state index contributed by atoms with van der Waals surface area (Å²) in [5.74, 6) is -0.728. The second-order valence-electron chi connectivity index (χ2n) is 8.36. The second kappa shape index (κ2) is 12.9. The Hall–Kier alpha value is -1.72. The Kier molecular flexibility index (Phi) is 10.5. The number of carbonyl (C=O) groups is 1. The summed E-state index contributed by atoms with van der Waals surface area (Å²) in [6.07, 6.45) is 8.27. The molecule has 2 N–H and O–H groups in total. The van der Waals surface area contributed by atoms with Crippen LogP contribution in [0.2, 0.25) is 0 Å². The van der Waals surface area contributed by atoms with E-state index in [0.29, 0.717) is 19.3 Å². The molecule has 0 spiro atoms. The molecule has 1 saturated carbocycles. The number of unbranched alkanes of at least 4 members (excludes halogenated alkanes) is 3. The van der Waals surface area contributed by atoms with E-state index >= 15 is 0 Å². The molecule has 1 aromatic rings. The summed E-state index contributed by atoms with van der Waals surface area (Å²) < 4.78 is 19.2. The van der Waals surface area contributed by atoms with Gasteiger partial charge in [-0.05, 0) is 36.8 Å². The third-order valence-corrected chi connectivity index (χ3v) is 6.15. The molecule has 5 atom stereocenters. The van der Waals surface area contributed by atoms with E-state index in [0.717, 1.165) is 43.2 Å². The van der Waals surface area contributed by atoms with Crippen LogP contribution < -0.4 is 0 Å². The zero-order valence-electron chi connectivity index (χ0n) is 18.3. The Bertz CT molecular complexity index is 658. The minimum absolute atomic E-state index is 0.160. The molecule has 0 heterocycles. The van der Waals surface area contributed by atoms with Crippen molar-refractivity contribution in [1.82, 2.24) is 0 Å². The Morgan fingerprint density at radius 1 is 1.23 bits per heavy atom. The second-order valence-corrected chi connectivity index (χ2v) is 8.36. The predicted molar refractivity (Wildman–Crippen MR) is 117 cm³/mol. The fraction of sp³-hybridized carbons (Fsp3) is 0.640. The zero-order chi connectivity index (χ0) is 21.9. The van der Waals surface area contributed by atoms with Gasteiger partial charge in [-0.2, -0.15) is 0 Å². The van der Waals surface area contributed by atoms with Gasteiger partial charge in [0, 0.05) is 24.7 Å². The van der Waals surface area contributed by atoms with Crippen LogP contribution in [0.15, 0.2) is 36.4 Å². The molecule has 4 nitrogen and oxygen atoms in total. The van der Waals surface area contributed by atoms with Crippen molar-refractivity contribution < 1.29 is 24.1 Å². The van der Waals surface area contributed by atoms with Gasteiger partial charge in [0.15, 0.2) is 0 Å². The van der Waals surface area contributed by atoms with Crippen molar-refractivity contribution in [3.8, 4) is 0 Å². The van der Waals surface area contributed by atoms with Crippen LogP contribution in [-0.4, -0.2) is 35.6 Å². The molecule has 1 aliphatic carbocycles. The molecule has 5 heteroatoms. The Morgan fingerprint density at radius 3 is 2.63 bits per heavy atom. The van der Waals surface area contributed by atoms with Crippen LogP contribution in [-0.2, 0) is 9.53 Å². The summed E-state index contributed by atoms with van der Waals surface area (Å²) in [4.78, 5) is 11.1. The van der Waals surface area contributed by atoms with Crippen molar-refractivity contribution in [1.29, 1.82) is 0 Å². The number of rotatable bonds is 12. The number of carbonyl (C=O) groups excluding carboxylic acids is 1. The predicted octanol–water partition coefficient (Wildman–Crippen LogP) is 5.39. The summed E-state index contributed by atoms with van der Waals surface area (Å²) in [6, 6.07) is 7.67. The number of alkyl halides is 1. The number of aliphatic hydroxyl groups excluding tert-OH is 2. The summed E-state index contributed by atoms with van der Waals surface area (Å²) in [7, 11) is 1.38. The summed E-state index contributed by atoms with van der Waals surface area (Å²) in [5.41, 5.74) is 1.80. The topological polar surface area (TPSA) is 66.8 Å². The fourth-order valence-corrected chi connectivity index (χ4v) is 4.36. The van der Waals surface area contributed by atoms with Crippen LogP contribution in [0.3, 0.4) is 0 Å². The van der Waals surface area contributed by atoms with Gasteiger partial charge < -0.3 is 14.9 Å². The first-order chi connectivity index (χ1) is 14.5. The molecule has 168 valence electrons. The molecular weight excluding hydrogens is 383 g/mol. The number of allylic oxidation sites excluding steroid dienone is 2. The molecule has 0 aliphatic heterocycles. The maximum Gasteiger partial charge on any atom is 0.305 e. The Balaban J connectivity index is 1.94. The lowest BCUT2D eigenvalue weighted by Gasteiger charge is -2.23. The molecule has 0 saturated heterocycles. The molecule has 0 amide bonds. The van der Waals surface area contributed by atoms with Crippen LogP contribution in [0.25, 0.3) is 0 Å². The standard InChI is InChI=1S/C25H37FO4/c1-3-4-7-11-22(27)18-13-15-19(16-14-18)25-20(21(26)17-23(25)28)10-8-5-6-9-12-24(29)30-2/h5,8,13-16,20-23,25,27-28H,3-4,6-7,9-12,17H2,1-2H3/b8-5-/t20-,21?,22?,23+,25?/m0/s1. The normalized spacial score (nSPS) is 25.0. The van der Waals surface area contributed by atoms with Crippen LogP contribution in [0.5, 0.6) is 0 Å². The SMILES string of the molecule is CCCCCC(O)c1ccc(C2[C@@H](C/C=C\CCCC(=O)OC)C(F)C[C@H]2O)cc1. The van der Waals surface area contributed by atoms with Crippen molar-refractivity contribution in [2.45, 2.75) is 89.0 Å². The first-order valence-electron chi connectivity index (χ1n) is 11.3. The fourth-order valence-electron chi connectivity index (χ4n) is 4.36. The Labute approximate surface area is 180 Å². The third kappa shape index (κ3) is 7.21. The van der Waals surface area contributed by atoms with Gasteiger partial charge in [0.25, 0.3) is 0 Å². The van der Waals surface area contributed by atoms with E-state index in [4.69, 9.17) is 0 Å². The maximum absolute atomic E-state index is 14.6. The first-order valence-corrected chi connectivity index (χ1v) is 11.3. The third-order valence-electron chi connectivity index (χ3n) is 6.15. The lowest BCUT2D eigenvalue weighted by Crippen LogP contribution is -2.18. The highest BCUT2D eigenvalue weighted by molar-refractivity contribution is 5.69. The minimum atomic E-state index is -1.04. The average Bonchev–Trinajstić information content (AvgIpc) is 3.03. The monoisotopic (exact) mass is 420 g/mol. The molecule has 30 heavy (non-hydrogen) atoms. The molecule has 1 aromatic carbocycles. The lowest BCUT2D eigenvalue weighted by atomic mass is 9.84. The van der Waals surface area contributed by atoms with Crippen LogP contribution in [0.1, 0.15) is 87.9 Å². The summed E-state index contributed by atoms with van der Waals surface area (Å²) in [5, 5.41) is 20.8. The highest BCUT2D eigenvalue weighted by Crippen LogP contribution is 2.44. The molecule has 1 fully saturated rings. The molecule has 0 aromatic heterocycles. The summed E-state index contributed by atoms with van der Waals surface area (Å²) in [6.45, 7) is 2.14. The zero-order valence-corrected chi connectivity index (χ0v) is 18.3. The van der Waals surface area contributed by atoms with Gasteiger partial charge in [-0.3, -0.25) is 4.79 Å². The van der Waals surface area contributed by atoms with E-state index in [1.807, 2.05) is 36.4 Å². The minimum Gasteiger partial charge on any atom is -0.469 e. The maximum atomic E-state index is 14.6. The van der Waals surface area contributed by atoms with E-state index in [1.54, 1.807) is 0 Å². The van der Waals surface area contributed by atoms with Crippen LogP contribution in [0.4, 0.5) is 4.39 Å². The number of ether oxygens (including phenoxy) is 1. The molecule has 3 unspecified atom stereocenters. The van der Waals surface area contributed by atoms with E-state index in [-0.39, 0.29) is 24.2 Å². The van der Waals surface area contributed by atoms with Gasteiger partial charge >= 0.3 is 5.97 Å². The van der Waals surface area contributed by atoms with Gasteiger partial charge in [0.1, 0.15) is 6.17 Å². The van der Waals surface area contributed by atoms with Crippen molar-refractivity contribution in [2.24, 2.45) is 5.92 Å². The molecular formula is C25H37FO4. The number of hydrogen-bond acceptors (Lipinski definition) is 4. The molecule has 0 bridgehead atoms. The van der Waals surface area contributed by atoms with Gasteiger partial charge in [-0.1, -0.05) is 62.6 Å². The van der Waals surface area contributed by atoms with Crippen molar-refractivity contribution in [3.63, 3.8) is 0 Å². The van der Waals surface area contributed by atoms with Crippen molar-refractivity contribution in [3.05, 3.63) is 47.5 Å². The number of esters is 1. The van der Waals surface area contributed by atoms with E-state index in [1.165, 1.54) is 7.11 Å². The lowest BCUT2D eigenvalue weighted by molar-refractivity contribution is -0.140. The number of halogens is 1. The van der Waals surface area contributed by atoms with Crippen LogP contribution in [0, 0.1) is 5.92 Å². The smallest absolute Gasteiger partial charge is 0.305 e. The Morgan fingerprint density at radius 2 is 1.97 bits per heavy atom.